The van der Waals surface area contributed by atoms with Crippen LogP contribution in [0.25, 0.3) is 0 Å². The fourth-order valence-electron chi connectivity index (χ4n) is 3.43. The Morgan fingerprint density at radius 2 is 2.00 bits per heavy atom. The van der Waals surface area contributed by atoms with Crippen LogP contribution < -0.4 is 10.0 Å². The molecule has 0 saturated carbocycles. The van der Waals surface area contributed by atoms with Gasteiger partial charge in [-0.25, -0.2) is 8.42 Å². The Morgan fingerprint density at radius 1 is 1.30 bits per heavy atom. The third-order valence-corrected chi connectivity index (χ3v) is 5.91. The zero-order valence-electron chi connectivity index (χ0n) is 15.6. The predicted molar refractivity (Wildman–Crippen MR) is 102 cm³/mol. The maximum Gasteiger partial charge on any atom is 0.263 e. The van der Waals surface area contributed by atoms with Gasteiger partial charge in [0, 0.05) is 38.2 Å². The van der Waals surface area contributed by atoms with Crippen LogP contribution in [0.5, 0.6) is 0 Å². The molecule has 0 spiro atoms. The summed E-state index contributed by atoms with van der Waals surface area (Å²) in [4.78, 5) is 18.8. The van der Waals surface area contributed by atoms with Crippen molar-refractivity contribution in [3.63, 3.8) is 0 Å². The van der Waals surface area contributed by atoms with Crippen molar-refractivity contribution in [1.29, 1.82) is 0 Å². The SMILES string of the molecule is CC1CN(CCNC(=O)CCN=C2NS(=O)(=O)c3ccccc32)CC(C)O1. The van der Waals surface area contributed by atoms with E-state index in [1.165, 1.54) is 0 Å². The van der Waals surface area contributed by atoms with Crippen molar-refractivity contribution in [2.45, 2.75) is 37.4 Å². The molecule has 2 atom stereocenters. The van der Waals surface area contributed by atoms with Crippen LogP contribution in [0.3, 0.4) is 0 Å². The summed E-state index contributed by atoms with van der Waals surface area (Å²) in [7, 11) is -3.54. The average Bonchev–Trinajstić information content (AvgIpc) is 2.85. The van der Waals surface area contributed by atoms with Gasteiger partial charge >= 0.3 is 0 Å². The first kappa shape index (κ1) is 19.8. The number of nitrogens with zero attached hydrogens (tertiary/aromatic N) is 2. The topological polar surface area (TPSA) is 100 Å². The van der Waals surface area contributed by atoms with Gasteiger partial charge in [-0.05, 0) is 26.0 Å². The molecule has 0 bridgehead atoms. The molecule has 9 heteroatoms. The number of aliphatic imine (C=N–C) groups is 1. The maximum absolute atomic E-state index is 12.0. The summed E-state index contributed by atoms with van der Waals surface area (Å²) in [6, 6.07) is 6.68. The second-order valence-electron chi connectivity index (χ2n) is 6.95. The molecule has 2 heterocycles. The molecule has 1 aromatic carbocycles. The predicted octanol–water partition coefficient (Wildman–Crippen LogP) is 0.341. The minimum Gasteiger partial charge on any atom is -0.373 e. The molecule has 0 aromatic heterocycles. The first-order chi connectivity index (χ1) is 12.8. The lowest BCUT2D eigenvalue weighted by Crippen LogP contribution is -2.47. The number of fused-ring (bicyclic) bond motifs is 1. The number of nitrogens with one attached hydrogen (secondary N) is 2. The van der Waals surface area contributed by atoms with E-state index in [0.29, 0.717) is 17.9 Å². The highest BCUT2D eigenvalue weighted by Gasteiger charge is 2.30. The second-order valence-corrected chi connectivity index (χ2v) is 8.60. The molecule has 1 saturated heterocycles. The van der Waals surface area contributed by atoms with Crippen molar-refractivity contribution in [3.8, 4) is 0 Å². The van der Waals surface area contributed by atoms with Gasteiger partial charge in [0.25, 0.3) is 10.0 Å². The van der Waals surface area contributed by atoms with E-state index in [1.54, 1.807) is 24.3 Å². The molecule has 2 N–H and O–H groups in total. The van der Waals surface area contributed by atoms with Gasteiger partial charge in [-0.15, -0.1) is 0 Å². The number of rotatable bonds is 6. The molecule has 3 rings (SSSR count). The van der Waals surface area contributed by atoms with Crippen molar-refractivity contribution in [1.82, 2.24) is 14.9 Å². The van der Waals surface area contributed by atoms with Gasteiger partial charge in [-0.2, -0.15) is 0 Å². The number of carbonyl (C=O) groups is 1. The number of ether oxygens (including phenoxy) is 1. The van der Waals surface area contributed by atoms with Crippen LogP contribution in [0.4, 0.5) is 0 Å². The number of sulfonamides is 1. The van der Waals surface area contributed by atoms with Gasteiger partial charge in [0.1, 0.15) is 5.84 Å². The molecule has 2 aliphatic rings. The number of amidine groups is 1. The van der Waals surface area contributed by atoms with Gasteiger partial charge in [0.2, 0.25) is 5.91 Å². The van der Waals surface area contributed by atoms with Crippen molar-refractivity contribution < 1.29 is 17.9 Å². The Kier molecular flexibility index (Phi) is 6.13. The van der Waals surface area contributed by atoms with E-state index in [2.05, 4.69) is 33.8 Å². The number of benzene rings is 1. The molecular weight excluding hydrogens is 368 g/mol. The Labute approximate surface area is 160 Å². The highest BCUT2D eigenvalue weighted by atomic mass is 32.2. The summed E-state index contributed by atoms with van der Waals surface area (Å²) in [5.74, 6) is 0.206. The van der Waals surface area contributed by atoms with Gasteiger partial charge < -0.3 is 10.1 Å². The van der Waals surface area contributed by atoms with Crippen LogP contribution >= 0.6 is 0 Å². The fourth-order valence-corrected chi connectivity index (χ4v) is 4.68. The molecule has 0 radical (unpaired) electrons. The highest BCUT2D eigenvalue weighted by molar-refractivity contribution is 7.90. The summed E-state index contributed by atoms with van der Waals surface area (Å²) in [5, 5.41) is 2.89. The number of hydrogen-bond donors (Lipinski definition) is 2. The number of amides is 1. The van der Waals surface area contributed by atoms with Crippen LogP contribution in [0.1, 0.15) is 25.8 Å². The van der Waals surface area contributed by atoms with E-state index in [-0.39, 0.29) is 36.0 Å². The molecule has 1 aromatic rings. The third-order valence-electron chi connectivity index (χ3n) is 4.52. The quantitative estimate of drug-likeness (QED) is 0.725. The Bertz CT molecular complexity index is 814. The number of morpholine rings is 1. The largest absolute Gasteiger partial charge is 0.373 e. The smallest absolute Gasteiger partial charge is 0.263 e. The molecule has 148 valence electrons. The van der Waals surface area contributed by atoms with Crippen molar-refractivity contribution in [3.05, 3.63) is 29.8 Å². The van der Waals surface area contributed by atoms with E-state index in [9.17, 15) is 13.2 Å². The van der Waals surface area contributed by atoms with Crippen molar-refractivity contribution in [2.75, 3.05) is 32.7 Å². The summed E-state index contributed by atoms with van der Waals surface area (Å²) < 4.78 is 32.2. The molecule has 1 amide bonds. The first-order valence-electron chi connectivity index (χ1n) is 9.16. The Balaban J connectivity index is 1.43. The maximum atomic E-state index is 12.0. The zero-order valence-corrected chi connectivity index (χ0v) is 16.5. The summed E-state index contributed by atoms with van der Waals surface area (Å²) >= 11 is 0. The zero-order chi connectivity index (χ0) is 19.4. The molecule has 27 heavy (non-hydrogen) atoms. The lowest BCUT2D eigenvalue weighted by molar-refractivity contribution is -0.121. The Hall–Kier alpha value is -1.97. The van der Waals surface area contributed by atoms with Crippen molar-refractivity contribution in [2.24, 2.45) is 4.99 Å². The molecule has 8 nitrogen and oxygen atoms in total. The molecule has 1 fully saturated rings. The van der Waals surface area contributed by atoms with E-state index in [4.69, 9.17) is 4.74 Å². The van der Waals surface area contributed by atoms with E-state index < -0.39 is 10.0 Å². The minimum atomic E-state index is -3.54. The van der Waals surface area contributed by atoms with E-state index in [1.807, 2.05) is 0 Å². The van der Waals surface area contributed by atoms with E-state index in [0.717, 1.165) is 19.6 Å². The van der Waals surface area contributed by atoms with Crippen LogP contribution in [-0.2, 0) is 19.6 Å². The molecule has 2 aliphatic heterocycles. The number of hydrogen-bond acceptors (Lipinski definition) is 6. The van der Waals surface area contributed by atoms with Crippen LogP contribution in [0.2, 0.25) is 0 Å². The average molecular weight is 394 g/mol. The van der Waals surface area contributed by atoms with Gasteiger partial charge in [-0.3, -0.25) is 19.4 Å². The lowest BCUT2D eigenvalue weighted by Gasteiger charge is -2.35. The fraction of sp³-hybridized carbons (Fsp3) is 0.556. The van der Waals surface area contributed by atoms with Crippen LogP contribution in [-0.4, -0.2) is 70.0 Å². The lowest BCUT2D eigenvalue weighted by atomic mass is 10.2. The minimum absolute atomic E-state index is 0.0946. The molecular formula is C18H26N4O4S. The van der Waals surface area contributed by atoms with Crippen LogP contribution in [0, 0.1) is 0 Å². The standard InChI is InChI=1S/C18H26N4O4S/c1-13-11-22(12-14(2)26-13)10-9-19-17(23)7-8-20-18-15-5-3-4-6-16(15)27(24,25)21-18/h3-6,13-14H,7-12H2,1-2H3,(H,19,23)(H,20,21). The third kappa shape index (κ3) is 5.06. The summed E-state index contributed by atoms with van der Waals surface area (Å²) in [6.45, 7) is 7.42. The molecule has 0 aliphatic carbocycles. The monoisotopic (exact) mass is 394 g/mol. The van der Waals surface area contributed by atoms with E-state index >= 15 is 0 Å². The van der Waals surface area contributed by atoms with Gasteiger partial charge in [0.05, 0.1) is 23.6 Å². The summed E-state index contributed by atoms with van der Waals surface area (Å²) in [6.07, 6.45) is 0.625. The van der Waals surface area contributed by atoms with Crippen molar-refractivity contribution >= 4 is 21.8 Å². The number of carbonyl (C=O) groups excluding carboxylic acids is 1. The molecule has 2 unspecified atom stereocenters. The highest BCUT2D eigenvalue weighted by Crippen LogP contribution is 2.22. The van der Waals surface area contributed by atoms with Gasteiger partial charge in [0.15, 0.2) is 0 Å². The Morgan fingerprint density at radius 3 is 2.74 bits per heavy atom. The summed E-state index contributed by atoms with van der Waals surface area (Å²) in [5.41, 5.74) is 0.550. The van der Waals surface area contributed by atoms with Crippen LogP contribution in [0.15, 0.2) is 34.2 Å². The normalized spacial score (nSPS) is 25.8. The first-order valence-corrected chi connectivity index (χ1v) is 10.6. The second kappa shape index (κ2) is 8.37. The van der Waals surface area contributed by atoms with Gasteiger partial charge in [-0.1, -0.05) is 12.1 Å².